The van der Waals surface area contributed by atoms with Crippen LogP contribution in [0.3, 0.4) is 0 Å². The Balaban J connectivity index is 4.23. The average molecular weight is 951 g/mol. The third-order valence-corrected chi connectivity index (χ3v) is 12.8. The molecule has 0 aromatic heterocycles. The fourth-order valence-corrected chi connectivity index (χ4v) is 8.29. The Morgan fingerprint density at radius 1 is 0.470 bits per heavy atom. The molecule has 0 bridgehead atoms. The molecule has 0 amide bonds. The largest absolute Gasteiger partial charge is 0.472 e. The molecule has 1 N–H and O–H groups in total. The second-order valence-corrected chi connectivity index (χ2v) is 21.1. The Labute approximate surface area is 407 Å². The van der Waals surface area contributed by atoms with Crippen molar-refractivity contribution in [1.29, 1.82) is 0 Å². The van der Waals surface area contributed by atoms with Crippen molar-refractivity contribution in [1.82, 2.24) is 0 Å². The Bertz CT molecular complexity index is 1260. The molecule has 0 fully saturated rings. The first-order chi connectivity index (χ1) is 32.0. The predicted molar refractivity (Wildman–Crippen MR) is 280 cm³/mol. The molecule has 0 aliphatic carbocycles. The summed E-state index contributed by atoms with van der Waals surface area (Å²) in [6.07, 6.45) is 58.7. The van der Waals surface area contributed by atoms with Gasteiger partial charge in [-0.3, -0.25) is 18.6 Å². The Morgan fingerprint density at radius 3 is 1.20 bits per heavy atom. The van der Waals surface area contributed by atoms with Gasteiger partial charge in [-0.25, -0.2) is 4.57 Å². The highest BCUT2D eigenvalue weighted by Gasteiger charge is 2.27. The maximum absolute atomic E-state index is 12.8. The first-order valence-electron chi connectivity index (χ1n) is 27.4. The van der Waals surface area contributed by atoms with E-state index in [1.54, 1.807) is 0 Å². The first kappa shape index (κ1) is 64.0. The van der Waals surface area contributed by atoms with E-state index in [4.69, 9.17) is 18.5 Å². The molecule has 0 saturated carbocycles. The van der Waals surface area contributed by atoms with Gasteiger partial charge in [0.1, 0.15) is 19.8 Å². The van der Waals surface area contributed by atoms with Gasteiger partial charge in [-0.2, -0.15) is 0 Å². The zero-order valence-corrected chi connectivity index (χ0v) is 44.6. The van der Waals surface area contributed by atoms with Crippen LogP contribution in [0.2, 0.25) is 0 Å². The fourth-order valence-electron chi connectivity index (χ4n) is 7.55. The van der Waals surface area contributed by atoms with Gasteiger partial charge in [0.05, 0.1) is 27.7 Å². The molecule has 0 heterocycles. The van der Waals surface area contributed by atoms with E-state index in [2.05, 4.69) is 62.5 Å². The van der Waals surface area contributed by atoms with E-state index in [0.29, 0.717) is 17.4 Å². The number of quaternary nitrogens is 1. The van der Waals surface area contributed by atoms with E-state index in [9.17, 15) is 19.0 Å². The number of carbonyl (C=O) groups excluding carboxylic acids is 2. The van der Waals surface area contributed by atoms with Crippen LogP contribution >= 0.6 is 7.82 Å². The molecule has 0 saturated heterocycles. The summed E-state index contributed by atoms with van der Waals surface area (Å²) in [6.45, 7) is 4.42. The molecule has 2 atom stereocenters. The van der Waals surface area contributed by atoms with Crippen molar-refractivity contribution in [2.45, 2.75) is 251 Å². The zero-order chi connectivity index (χ0) is 48.5. The number of hydrogen-bond acceptors (Lipinski definition) is 7. The number of unbranched alkanes of at least 4 members (excludes halogenated alkanes) is 28. The molecule has 10 heteroatoms. The van der Waals surface area contributed by atoms with Crippen LogP contribution < -0.4 is 0 Å². The van der Waals surface area contributed by atoms with Gasteiger partial charge >= 0.3 is 19.8 Å². The van der Waals surface area contributed by atoms with Gasteiger partial charge in [0.2, 0.25) is 0 Å². The van der Waals surface area contributed by atoms with Crippen molar-refractivity contribution in [3.63, 3.8) is 0 Å². The fraction of sp³-hybridized carbons (Fsp3) is 0.821. The molecule has 0 rings (SSSR count). The van der Waals surface area contributed by atoms with Gasteiger partial charge in [-0.1, -0.05) is 204 Å². The molecule has 0 radical (unpaired) electrons. The maximum atomic E-state index is 12.8. The molecule has 386 valence electrons. The number of rotatable bonds is 50. The minimum absolute atomic E-state index is 0.0294. The van der Waals surface area contributed by atoms with Crippen LogP contribution in [0.4, 0.5) is 0 Å². The number of phosphoric acid groups is 1. The summed E-state index contributed by atoms with van der Waals surface area (Å²) in [7, 11) is 1.47. The summed E-state index contributed by atoms with van der Waals surface area (Å²) < 4.78 is 34.5. The third kappa shape index (κ3) is 51.4. The van der Waals surface area contributed by atoms with E-state index < -0.39 is 26.5 Å². The van der Waals surface area contributed by atoms with Gasteiger partial charge in [-0.15, -0.1) is 0 Å². The molecule has 2 unspecified atom stereocenters. The van der Waals surface area contributed by atoms with Crippen molar-refractivity contribution in [3.05, 3.63) is 48.6 Å². The van der Waals surface area contributed by atoms with Gasteiger partial charge < -0.3 is 18.9 Å². The summed E-state index contributed by atoms with van der Waals surface area (Å²) in [5.74, 6) is -0.802. The highest BCUT2D eigenvalue weighted by atomic mass is 31.2. The Kier molecular flexibility index (Phi) is 46.5. The van der Waals surface area contributed by atoms with Crippen molar-refractivity contribution < 1.29 is 42.1 Å². The topological polar surface area (TPSA) is 108 Å². The van der Waals surface area contributed by atoms with Crippen LogP contribution in [-0.4, -0.2) is 74.9 Å². The lowest BCUT2D eigenvalue weighted by molar-refractivity contribution is -0.870. The molecule has 9 nitrogen and oxygen atoms in total. The van der Waals surface area contributed by atoms with Crippen LogP contribution in [0.25, 0.3) is 0 Å². The summed E-state index contributed by atoms with van der Waals surface area (Å²) >= 11 is 0. The normalized spacial score (nSPS) is 13.7. The smallest absolute Gasteiger partial charge is 0.462 e. The van der Waals surface area contributed by atoms with E-state index in [1.165, 1.54) is 154 Å². The number of phosphoric ester groups is 1. The van der Waals surface area contributed by atoms with Crippen LogP contribution in [0.5, 0.6) is 0 Å². The molecule has 0 spiro atoms. The van der Waals surface area contributed by atoms with Crippen LogP contribution in [0.15, 0.2) is 48.6 Å². The van der Waals surface area contributed by atoms with E-state index in [0.717, 1.165) is 57.8 Å². The van der Waals surface area contributed by atoms with Gasteiger partial charge in [0.25, 0.3) is 0 Å². The highest BCUT2D eigenvalue weighted by Crippen LogP contribution is 2.43. The molecule has 66 heavy (non-hydrogen) atoms. The van der Waals surface area contributed by atoms with E-state index in [-0.39, 0.29) is 32.0 Å². The molecule has 0 aromatic rings. The van der Waals surface area contributed by atoms with Crippen LogP contribution in [0.1, 0.15) is 245 Å². The molecular weight excluding hydrogens is 846 g/mol. The van der Waals surface area contributed by atoms with Crippen molar-refractivity contribution in [2.75, 3.05) is 47.5 Å². The lowest BCUT2D eigenvalue weighted by Gasteiger charge is -2.24. The predicted octanol–water partition coefficient (Wildman–Crippen LogP) is 16.6. The highest BCUT2D eigenvalue weighted by molar-refractivity contribution is 7.47. The van der Waals surface area contributed by atoms with Crippen LogP contribution in [0, 0.1) is 0 Å². The molecule has 0 aliphatic rings. The van der Waals surface area contributed by atoms with Gasteiger partial charge in [0, 0.05) is 12.8 Å². The summed E-state index contributed by atoms with van der Waals surface area (Å²) in [5.41, 5.74) is 0. The number of allylic oxidation sites excluding steroid dienone is 8. The summed E-state index contributed by atoms with van der Waals surface area (Å²) in [6, 6.07) is 0. The minimum Gasteiger partial charge on any atom is -0.462 e. The SMILES string of the molecule is CCCCCCC/C=C\C/C=C\CCCCCCCCCCCC(=O)OCC(COP(=O)(O)OCC[N+](C)(C)C)OC(=O)CCCCCCCCCCC/C=C\C/C=C\CCCCCCC. The number of esters is 2. The maximum Gasteiger partial charge on any atom is 0.472 e. The number of nitrogens with zero attached hydrogens (tertiary/aromatic N) is 1. The van der Waals surface area contributed by atoms with Crippen molar-refractivity contribution >= 4 is 19.8 Å². The van der Waals surface area contributed by atoms with Crippen molar-refractivity contribution in [3.8, 4) is 0 Å². The second kappa shape index (κ2) is 48.0. The van der Waals surface area contributed by atoms with Gasteiger partial charge in [0.15, 0.2) is 6.10 Å². The third-order valence-electron chi connectivity index (χ3n) is 11.8. The number of hydrogen-bond donors (Lipinski definition) is 1. The number of likely N-dealkylation sites (N-methyl/N-ethyl adjacent to an activating group) is 1. The summed E-state index contributed by atoms with van der Waals surface area (Å²) in [4.78, 5) is 35.6. The quantitative estimate of drug-likeness (QED) is 0.0211. The molecule has 0 aliphatic heterocycles. The zero-order valence-electron chi connectivity index (χ0n) is 43.7. The second-order valence-electron chi connectivity index (χ2n) is 19.6. The Hall–Kier alpha value is -2.03. The summed E-state index contributed by atoms with van der Waals surface area (Å²) in [5, 5.41) is 0. The van der Waals surface area contributed by atoms with Gasteiger partial charge in [-0.05, 0) is 77.0 Å². The van der Waals surface area contributed by atoms with Crippen LogP contribution in [-0.2, 0) is 32.7 Å². The lowest BCUT2D eigenvalue weighted by Crippen LogP contribution is -2.37. The number of ether oxygens (including phenoxy) is 2. The number of carbonyl (C=O) groups is 2. The average Bonchev–Trinajstić information content (AvgIpc) is 3.27. The monoisotopic (exact) mass is 951 g/mol. The first-order valence-corrected chi connectivity index (χ1v) is 28.9. The standard InChI is InChI=1S/C56H104NO8P/c1-6-8-10-12-14-16-18-20-22-24-26-28-30-32-34-36-38-40-42-44-46-48-55(58)62-52-54(53-64-66(60,61)63-51-50-57(3,4)5)65-56(59)49-47-45-43-41-39-37-35-33-31-29-27-25-23-21-19-17-15-13-11-9-7-2/h18-21,24-27,54H,6-17,22-23,28-53H2,1-5H3/p+1/b20-18-,21-19-,26-24-,27-25-. The molecular formula is C56H105NO8P+. The van der Waals surface area contributed by atoms with Crippen molar-refractivity contribution in [2.24, 2.45) is 0 Å². The lowest BCUT2D eigenvalue weighted by atomic mass is 10.1. The molecule has 0 aromatic carbocycles. The van der Waals surface area contributed by atoms with E-state index in [1.807, 2.05) is 21.1 Å². The Morgan fingerprint density at radius 2 is 0.818 bits per heavy atom. The minimum atomic E-state index is -4.39. The van der Waals surface area contributed by atoms with E-state index >= 15 is 0 Å².